The molecule has 6 heteroatoms. The first-order chi connectivity index (χ1) is 10.7. The van der Waals surface area contributed by atoms with Crippen molar-refractivity contribution in [2.75, 3.05) is 27.2 Å². The second-order valence-electron chi connectivity index (χ2n) is 7.20. The minimum Gasteiger partial charge on any atom is -0.444 e. The molecule has 0 bridgehead atoms. The molecule has 6 nitrogen and oxygen atoms in total. The normalized spacial score (nSPS) is 17.0. The Balaban J connectivity index is 2.31. The minimum atomic E-state index is -0.464. The summed E-state index contributed by atoms with van der Waals surface area (Å²) in [5.74, 6) is 1.10. The Bertz CT molecular complexity index is 432. The quantitative estimate of drug-likeness (QED) is 0.463. The van der Waals surface area contributed by atoms with Crippen molar-refractivity contribution in [3.8, 4) is 0 Å². The second kappa shape index (κ2) is 8.79. The van der Waals surface area contributed by atoms with Crippen LogP contribution in [0.1, 0.15) is 40.5 Å². The van der Waals surface area contributed by atoms with Crippen molar-refractivity contribution in [1.29, 1.82) is 0 Å². The molecule has 2 N–H and O–H groups in total. The van der Waals surface area contributed by atoms with Crippen LogP contribution in [0.15, 0.2) is 17.1 Å². The monoisotopic (exact) mass is 324 g/mol. The van der Waals surface area contributed by atoms with E-state index in [9.17, 15) is 4.79 Å². The highest BCUT2D eigenvalue weighted by Gasteiger charge is 2.21. The van der Waals surface area contributed by atoms with Gasteiger partial charge in [-0.2, -0.15) is 0 Å². The van der Waals surface area contributed by atoms with Gasteiger partial charge in [0.1, 0.15) is 5.60 Å². The Hall–Kier alpha value is -1.72. The van der Waals surface area contributed by atoms with E-state index in [1.807, 2.05) is 20.8 Å². The van der Waals surface area contributed by atoms with Crippen molar-refractivity contribution >= 4 is 12.1 Å². The molecular weight excluding hydrogens is 292 g/mol. The van der Waals surface area contributed by atoms with Gasteiger partial charge in [0.2, 0.25) is 0 Å². The smallest absolute Gasteiger partial charge is 0.410 e. The molecule has 0 aliphatic heterocycles. The topological polar surface area (TPSA) is 66.0 Å². The third-order valence-electron chi connectivity index (χ3n) is 3.48. The molecule has 1 amide bonds. The molecular formula is C17H32N4O2. The summed E-state index contributed by atoms with van der Waals surface area (Å²) in [6, 6.07) is 0.431. The van der Waals surface area contributed by atoms with Crippen molar-refractivity contribution in [2.45, 2.75) is 52.2 Å². The average Bonchev–Trinajstić information content (AvgIpc) is 2.94. The molecule has 1 aliphatic rings. The summed E-state index contributed by atoms with van der Waals surface area (Å²) >= 11 is 0. The standard InChI is InChI=1S/C17H32N4O2/c1-13(12-21(6)16(22)23-17(2,3)4)11-19-15(18-5)20-14-9-7-8-10-14/h7-8,13-14H,9-12H2,1-6H3,(H2,18,19,20). The van der Waals surface area contributed by atoms with Crippen LogP contribution in [0.2, 0.25) is 0 Å². The molecule has 1 rings (SSSR count). The molecule has 1 atom stereocenters. The molecule has 0 heterocycles. The van der Waals surface area contributed by atoms with Crippen LogP contribution in [0.25, 0.3) is 0 Å². The van der Waals surface area contributed by atoms with Gasteiger partial charge in [-0.3, -0.25) is 4.99 Å². The highest BCUT2D eigenvalue weighted by Crippen LogP contribution is 2.10. The maximum atomic E-state index is 12.0. The molecule has 1 unspecified atom stereocenters. The van der Waals surface area contributed by atoms with Gasteiger partial charge in [0.25, 0.3) is 0 Å². The molecule has 0 fully saturated rings. The van der Waals surface area contributed by atoms with Crippen LogP contribution in [-0.4, -0.2) is 55.8 Å². The van der Waals surface area contributed by atoms with Gasteiger partial charge >= 0.3 is 6.09 Å². The number of hydrogen-bond acceptors (Lipinski definition) is 3. The molecule has 1 aliphatic carbocycles. The molecule has 132 valence electrons. The van der Waals surface area contributed by atoms with Crippen LogP contribution < -0.4 is 10.6 Å². The third-order valence-corrected chi connectivity index (χ3v) is 3.48. The van der Waals surface area contributed by atoms with Crippen molar-refractivity contribution < 1.29 is 9.53 Å². The summed E-state index contributed by atoms with van der Waals surface area (Å²) in [5, 5.41) is 6.72. The van der Waals surface area contributed by atoms with Crippen LogP contribution in [0.5, 0.6) is 0 Å². The number of amides is 1. The van der Waals surface area contributed by atoms with Gasteiger partial charge in [0, 0.05) is 33.2 Å². The van der Waals surface area contributed by atoms with Gasteiger partial charge in [-0.25, -0.2) is 4.79 Å². The second-order valence-corrected chi connectivity index (χ2v) is 7.20. The number of ether oxygens (including phenoxy) is 1. The van der Waals surface area contributed by atoms with Crippen LogP contribution >= 0.6 is 0 Å². The average molecular weight is 324 g/mol. The zero-order valence-electron chi connectivity index (χ0n) is 15.3. The van der Waals surface area contributed by atoms with Gasteiger partial charge in [-0.15, -0.1) is 0 Å². The molecule has 0 radical (unpaired) electrons. The van der Waals surface area contributed by atoms with Gasteiger partial charge in [0.05, 0.1) is 0 Å². The summed E-state index contributed by atoms with van der Waals surface area (Å²) in [6.07, 6.45) is 6.16. The van der Waals surface area contributed by atoms with E-state index in [1.54, 1.807) is 19.0 Å². The van der Waals surface area contributed by atoms with E-state index in [1.165, 1.54) is 0 Å². The first kappa shape index (κ1) is 19.3. The Morgan fingerprint density at radius 1 is 1.39 bits per heavy atom. The zero-order valence-corrected chi connectivity index (χ0v) is 15.3. The fourth-order valence-corrected chi connectivity index (χ4v) is 2.34. The SMILES string of the molecule is CN=C(NCC(C)CN(C)C(=O)OC(C)(C)C)NC1CC=CC1. The lowest BCUT2D eigenvalue weighted by Crippen LogP contribution is -2.45. The summed E-state index contributed by atoms with van der Waals surface area (Å²) in [6.45, 7) is 9.08. The van der Waals surface area contributed by atoms with E-state index in [0.717, 1.165) is 25.3 Å². The van der Waals surface area contributed by atoms with Gasteiger partial charge < -0.3 is 20.3 Å². The maximum absolute atomic E-state index is 12.0. The number of guanidine groups is 1. The van der Waals surface area contributed by atoms with E-state index in [0.29, 0.717) is 12.6 Å². The van der Waals surface area contributed by atoms with Crippen LogP contribution in [0.4, 0.5) is 4.79 Å². The number of carbonyl (C=O) groups excluding carboxylic acids is 1. The summed E-state index contributed by atoms with van der Waals surface area (Å²) < 4.78 is 5.36. The summed E-state index contributed by atoms with van der Waals surface area (Å²) in [4.78, 5) is 17.8. The Morgan fingerprint density at radius 3 is 2.52 bits per heavy atom. The van der Waals surface area contributed by atoms with E-state index >= 15 is 0 Å². The minimum absolute atomic E-state index is 0.285. The van der Waals surface area contributed by atoms with Crippen LogP contribution in [0, 0.1) is 5.92 Å². The number of carbonyl (C=O) groups is 1. The van der Waals surface area contributed by atoms with Gasteiger partial charge in [-0.05, 0) is 39.5 Å². The number of aliphatic imine (C=N–C) groups is 1. The summed E-state index contributed by atoms with van der Waals surface area (Å²) in [5.41, 5.74) is -0.464. The molecule has 23 heavy (non-hydrogen) atoms. The lowest BCUT2D eigenvalue weighted by molar-refractivity contribution is 0.0278. The van der Waals surface area contributed by atoms with Crippen molar-refractivity contribution in [3.63, 3.8) is 0 Å². The highest BCUT2D eigenvalue weighted by molar-refractivity contribution is 5.80. The number of rotatable bonds is 5. The number of nitrogens with one attached hydrogen (secondary N) is 2. The largest absolute Gasteiger partial charge is 0.444 e. The van der Waals surface area contributed by atoms with Crippen molar-refractivity contribution in [1.82, 2.24) is 15.5 Å². The molecule has 0 aromatic heterocycles. The van der Waals surface area contributed by atoms with Crippen molar-refractivity contribution in [2.24, 2.45) is 10.9 Å². The Kier molecular flexibility index (Phi) is 7.39. The zero-order chi connectivity index (χ0) is 17.5. The predicted molar refractivity (Wildman–Crippen MR) is 94.7 cm³/mol. The Labute approximate surface area is 140 Å². The number of nitrogens with zero attached hydrogens (tertiary/aromatic N) is 2. The summed E-state index contributed by atoms with van der Waals surface area (Å²) in [7, 11) is 3.54. The lowest BCUT2D eigenvalue weighted by atomic mass is 10.1. The fourth-order valence-electron chi connectivity index (χ4n) is 2.34. The van der Waals surface area contributed by atoms with Gasteiger partial charge in [0.15, 0.2) is 5.96 Å². The molecule has 0 saturated carbocycles. The van der Waals surface area contributed by atoms with E-state index in [2.05, 4.69) is 34.7 Å². The first-order valence-electron chi connectivity index (χ1n) is 8.27. The maximum Gasteiger partial charge on any atom is 0.410 e. The first-order valence-corrected chi connectivity index (χ1v) is 8.27. The lowest BCUT2D eigenvalue weighted by Gasteiger charge is -2.27. The Morgan fingerprint density at radius 2 is 2.00 bits per heavy atom. The number of hydrogen-bond donors (Lipinski definition) is 2. The molecule has 0 saturated heterocycles. The highest BCUT2D eigenvalue weighted by atomic mass is 16.6. The van der Waals surface area contributed by atoms with Crippen molar-refractivity contribution in [3.05, 3.63) is 12.2 Å². The molecule has 0 aromatic rings. The fraction of sp³-hybridized carbons (Fsp3) is 0.765. The third kappa shape index (κ3) is 7.90. The predicted octanol–water partition coefficient (Wildman–Crippen LogP) is 2.37. The van der Waals surface area contributed by atoms with Gasteiger partial charge in [-0.1, -0.05) is 19.1 Å². The molecule has 0 spiro atoms. The van der Waals surface area contributed by atoms with E-state index < -0.39 is 5.60 Å². The molecule has 0 aromatic carbocycles. The van der Waals surface area contributed by atoms with E-state index in [-0.39, 0.29) is 12.0 Å². The van der Waals surface area contributed by atoms with E-state index in [4.69, 9.17) is 4.74 Å². The van der Waals surface area contributed by atoms with Crippen LogP contribution in [0.3, 0.4) is 0 Å². The van der Waals surface area contributed by atoms with Crippen LogP contribution in [-0.2, 0) is 4.74 Å².